The Hall–Kier alpha value is -2.03. The molecule has 0 heterocycles. The van der Waals surface area contributed by atoms with Gasteiger partial charge < -0.3 is 10.2 Å². The van der Waals surface area contributed by atoms with E-state index in [1.54, 1.807) is 18.2 Å². The average Bonchev–Trinajstić information content (AvgIpc) is 2.68. The van der Waals surface area contributed by atoms with E-state index >= 15 is 0 Å². The quantitative estimate of drug-likeness (QED) is 0.804. The lowest BCUT2D eigenvalue weighted by molar-refractivity contribution is 0.374. The van der Waals surface area contributed by atoms with Crippen molar-refractivity contribution in [2.75, 3.05) is 0 Å². The van der Waals surface area contributed by atoms with Crippen molar-refractivity contribution < 1.29 is 14.6 Å². The highest BCUT2D eigenvalue weighted by Crippen LogP contribution is 2.41. The first kappa shape index (κ1) is 14.9. The molecule has 116 valence electrons. The molecular weight excluding hydrogens is 279 g/mol. The highest BCUT2D eigenvalue weighted by atomic mass is 19.1. The van der Waals surface area contributed by atoms with Crippen LogP contribution in [-0.4, -0.2) is 10.2 Å². The Bertz CT molecular complexity index is 679. The van der Waals surface area contributed by atoms with E-state index in [-0.39, 0.29) is 16.9 Å². The van der Waals surface area contributed by atoms with Gasteiger partial charge in [-0.1, -0.05) is 19.1 Å². The summed E-state index contributed by atoms with van der Waals surface area (Å²) >= 11 is 0. The third kappa shape index (κ3) is 2.56. The van der Waals surface area contributed by atoms with E-state index < -0.39 is 5.82 Å². The van der Waals surface area contributed by atoms with Crippen LogP contribution < -0.4 is 0 Å². The first-order valence-corrected chi connectivity index (χ1v) is 7.84. The minimum absolute atomic E-state index is 0.0393. The zero-order valence-electron chi connectivity index (χ0n) is 12.8. The van der Waals surface area contributed by atoms with Gasteiger partial charge in [-0.3, -0.25) is 0 Å². The maximum Gasteiger partial charge on any atom is 0.165 e. The molecule has 0 bridgehead atoms. The van der Waals surface area contributed by atoms with E-state index in [9.17, 15) is 14.6 Å². The topological polar surface area (TPSA) is 40.5 Å². The van der Waals surface area contributed by atoms with Gasteiger partial charge in [0.1, 0.15) is 5.75 Å². The summed E-state index contributed by atoms with van der Waals surface area (Å²) in [4.78, 5) is 0. The van der Waals surface area contributed by atoms with E-state index in [0.29, 0.717) is 0 Å². The largest absolute Gasteiger partial charge is 0.508 e. The van der Waals surface area contributed by atoms with Crippen LogP contribution in [-0.2, 0) is 18.3 Å². The van der Waals surface area contributed by atoms with Crippen molar-refractivity contribution in [2.45, 2.75) is 44.4 Å². The van der Waals surface area contributed by atoms with Gasteiger partial charge >= 0.3 is 0 Å². The second-order valence-corrected chi connectivity index (χ2v) is 6.28. The summed E-state index contributed by atoms with van der Waals surface area (Å²) in [5, 5.41) is 19.1. The molecule has 1 unspecified atom stereocenters. The molecule has 1 atom stereocenters. The fourth-order valence-corrected chi connectivity index (χ4v) is 3.68. The van der Waals surface area contributed by atoms with Crippen LogP contribution in [0.3, 0.4) is 0 Å². The molecule has 1 aliphatic rings. The van der Waals surface area contributed by atoms with Crippen molar-refractivity contribution in [3.8, 4) is 11.5 Å². The van der Waals surface area contributed by atoms with Gasteiger partial charge in [0.25, 0.3) is 0 Å². The molecule has 3 heteroatoms. The molecule has 0 saturated carbocycles. The second-order valence-electron chi connectivity index (χ2n) is 6.28. The van der Waals surface area contributed by atoms with Crippen LogP contribution in [0.5, 0.6) is 11.5 Å². The first-order chi connectivity index (χ1) is 10.5. The van der Waals surface area contributed by atoms with E-state index in [2.05, 4.69) is 6.92 Å². The maximum absolute atomic E-state index is 13.8. The minimum atomic E-state index is -0.545. The Kier molecular flexibility index (Phi) is 3.81. The van der Waals surface area contributed by atoms with E-state index in [4.69, 9.17) is 0 Å². The lowest BCUT2D eigenvalue weighted by atomic mass is 9.71. The Morgan fingerprint density at radius 3 is 2.50 bits per heavy atom. The monoisotopic (exact) mass is 300 g/mol. The molecule has 3 rings (SSSR count). The van der Waals surface area contributed by atoms with Gasteiger partial charge in [0.15, 0.2) is 11.6 Å². The zero-order valence-corrected chi connectivity index (χ0v) is 12.8. The predicted octanol–water partition coefficient (Wildman–Crippen LogP) is 4.46. The molecule has 0 spiro atoms. The number of halogens is 1. The third-order valence-electron chi connectivity index (χ3n) is 5.06. The van der Waals surface area contributed by atoms with Crippen LogP contribution in [0.2, 0.25) is 0 Å². The Morgan fingerprint density at radius 2 is 1.82 bits per heavy atom. The summed E-state index contributed by atoms with van der Waals surface area (Å²) in [5.41, 5.74) is 3.19. The van der Waals surface area contributed by atoms with Crippen LogP contribution in [0.25, 0.3) is 0 Å². The number of hydrogen-bond donors (Lipinski definition) is 2. The molecule has 2 aromatic carbocycles. The fourth-order valence-electron chi connectivity index (χ4n) is 3.68. The molecule has 2 nitrogen and oxygen atoms in total. The molecule has 0 saturated heterocycles. The molecule has 1 aliphatic carbocycles. The standard InChI is InChI=1S/C19H21FO2/c1-2-19(15-5-7-16(21)8-6-15)9-3-4-13-11-18(22)17(20)10-14(13)12-19/h5-8,10-11,21-22H,2-4,9,12H2,1H3. The maximum atomic E-state index is 13.8. The summed E-state index contributed by atoms with van der Waals surface area (Å²) in [6, 6.07) is 10.4. The van der Waals surface area contributed by atoms with Crippen LogP contribution in [0.15, 0.2) is 36.4 Å². The van der Waals surface area contributed by atoms with Crippen molar-refractivity contribution in [2.24, 2.45) is 0 Å². The Balaban J connectivity index is 2.05. The Labute approximate surface area is 130 Å². The summed E-state index contributed by atoms with van der Waals surface area (Å²) in [6.45, 7) is 2.16. The summed E-state index contributed by atoms with van der Waals surface area (Å²) in [7, 11) is 0. The van der Waals surface area contributed by atoms with E-state index in [0.717, 1.165) is 43.2 Å². The number of aromatic hydroxyl groups is 2. The molecule has 22 heavy (non-hydrogen) atoms. The van der Waals surface area contributed by atoms with Crippen molar-refractivity contribution in [1.29, 1.82) is 0 Å². The van der Waals surface area contributed by atoms with Crippen molar-refractivity contribution in [1.82, 2.24) is 0 Å². The fraction of sp³-hybridized carbons (Fsp3) is 0.368. The van der Waals surface area contributed by atoms with Gasteiger partial charge in [-0.15, -0.1) is 0 Å². The molecule has 2 N–H and O–H groups in total. The van der Waals surface area contributed by atoms with E-state index in [1.807, 2.05) is 12.1 Å². The molecule has 0 amide bonds. The van der Waals surface area contributed by atoms with Gasteiger partial charge in [-0.25, -0.2) is 4.39 Å². The molecule has 0 aromatic heterocycles. The lowest BCUT2D eigenvalue weighted by Gasteiger charge is -2.33. The highest BCUT2D eigenvalue weighted by Gasteiger charge is 2.33. The Morgan fingerprint density at radius 1 is 1.09 bits per heavy atom. The lowest BCUT2D eigenvalue weighted by Crippen LogP contribution is -2.27. The summed E-state index contributed by atoms with van der Waals surface area (Å²) < 4.78 is 13.8. The number of rotatable bonds is 2. The highest BCUT2D eigenvalue weighted by molar-refractivity contribution is 5.41. The van der Waals surface area contributed by atoms with Gasteiger partial charge in [-0.2, -0.15) is 0 Å². The first-order valence-electron chi connectivity index (χ1n) is 7.84. The molecule has 2 aromatic rings. The molecular formula is C19H21FO2. The second kappa shape index (κ2) is 5.64. The number of hydrogen-bond acceptors (Lipinski definition) is 2. The number of fused-ring (bicyclic) bond motifs is 1. The van der Waals surface area contributed by atoms with Gasteiger partial charge in [0.05, 0.1) is 0 Å². The van der Waals surface area contributed by atoms with Crippen LogP contribution in [0.1, 0.15) is 42.9 Å². The number of aryl methyl sites for hydroxylation is 1. The third-order valence-corrected chi connectivity index (χ3v) is 5.06. The summed E-state index contributed by atoms with van der Waals surface area (Å²) in [6.07, 6.45) is 4.61. The van der Waals surface area contributed by atoms with Gasteiger partial charge in [0.2, 0.25) is 0 Å². The van der Waals surface area contributed by atoms with Crippen LogP contribution >= 0.6 is 0 Å². The van der Waals surface area contributed by atoms with Crippen molar-refractivity contribution >= 4 is 0 Å². The molecule has 0 radical (unpaired) electrons. The van der Waals surface area contributed by atoms with Crippen molar-refractivity contribution in [3.63, 3.8) is 0 Å². The average molecular weight is 300 g/mol. The van der Waals surface area contributed by atoms with Crippen molar-refractivity contribution in [3.05, 3.63) is 58.9 Å². The van der Waals surface area contributed by atoms with E-state index in [1.165, 1.54) is 11.6 Å². The van der Waals surface area contributed by atoms with Gasteiger partial charge in [0, 0.05) is 0 Å². The van der Waals surface area contributed by atoms with Gasteiger partial charge in [-0.05, 0) is 78.5 Å². The van der Waals surface area contributed by atoms with Crippen LogP contribution in [0.4, 0.5) is 4.39 Å². The SMILES string of the molecule is CCC1(c2ccc(O)cc2)CCCc2cc(O)c(F)cc2C1. The normalized spacial score (nSPS) is 21.2. The molecule has 0 fully saturated rings. The number of phenols is 2. The number of benzene rings is 2. The predicted molar refractivity (Wildman–Crippen MR) is 84.8 cm³/mol. The number of phenolic OH excluding ortho intramolecular Hbond substituents is 2. The smallest absolute Gasteiger partial charge is 0.165 e. The minimum Gasteiger partial charge on any atom is -0.508 e. The molecule has 0 aliphatic heterocycles. The summed E-state index contributed by atoms with van der Waals surface area (Å²) in [5.74, 6) is -0.538. The zero-order chi connectivity index (χ0) is 15.7. The van der Waals surface area contributed by atoms with Crippen LogP contribution in [0, 0.1) is 5.82 Å².